The molecule has 0 bridgehead atoms. The molecule has 0 N–H and O–H groups in total. The molecule has 0 fully saturated rings. The number of benzene rings is 3. The van der Waals surface area contributed by atoms with Crippen molar-refractivity contribution < 1.29 is 13.8 Å². The monoisotopic (exact) mass is 517 g/mol. The molecule has 0 spiro atoms. The molecule has 0 aliphatic heterocycles. The summed E-state index contributed by atoms with van der Waals surface area (Å²) in [5.74, 6) is 0.814. The lowest BCUT2D eigenvalue weighted by atomic mass is 10.0. The number of rotatable bonds is 5. The molecular weight excluding hydrogens is 502 g/mol. The van der Waals surface area contributed by atoms with Gasteiger partial charge in [0.05, 0.1) is 21.8 Å². The molecule has 3 heterocycles. The Bertz CT molecular complexity index is 2010. The molecule has 38 heavy (non-hydrogen) atoms. The lowest BCUT2D eigenvalue weighted by Crippen LogP contribution is -2.03. The predicted molar refractivity (Wildman–Crippen MR) is 145 cm³/mol. The van der Waals surface area contributed by atoms with E-state index in [0.29, 0.717) is 38.9 Å². The van der Waals surface area contributed by atoms with Crippen LogP contribution in [0.2, 0.25) is 0 Å². The third kappa shape index (κ3) is 4.15. The summed E-state index contributed by atoms with van der Waals surface area (Å²) in [5, 5.41) is 25.8. The van der Waals surface area contributed by atoms with Crippen LogP contribution < -0.4 is 5.63 Å². The lowest BCUT2D eigenvalue weighted by molar-refractivity contribution is -0.384. The SMILES string of the molecule is N#C/C(=C\c1ccc(-c2cccc([N+](=O)[O-])c2)o1)c1nc(-c2cc3c(ccc4ccccc43)oc2=O)cs1. The third-order valence-corrected chi connectivity index (χ3v) is 6.90. The molecule has 3 aromatic heterocycles. The first-order valence-electron chi connectivity index (χ1n) is 11.4. The highest BCUT2D eigenvalue weighted by atomic mass is 32.1. The second-order valence-corrected chi connectivity index (χ2v) is 9.22. The van der Waals surface area contributed by atoms with E-state index in [1.165, 1.54) is 23.5 Å². The lowest BCUT2D eigenvalue weighted by Gasteiger charge is -2.04. The van der Waals surface area contributed by atoms with Crippen molar-refractivity contribution in [2.45, 2.75) is 0 Å². The Kier molecular flexibility index (Phi) is 5.64. The zero-order chi connectivity index (χ0) is 26.2. The van der Waals surface area contributed by atoms with Gasteiger partial charge in [-0.1, -0.05) is 42.5 Å². The number of allylic oxidation sites excluding steroid dienone is 1. The number of nitro benzene ring substituents is 1. The number of nitrogens with zero attached hydrogens (tertiary/aromatic N) is 3. The van der Waals surface area contributed by atoms with Gasteiger partial charge in [0.25, 0.3) is 5.69 Å². The zero-order valence-corrected chi connectivity index (χ0v) is 20.3. The van der Waals surface area contributed by atoms with E-state index in [4.69, 9.17) is 8.83 Å². The average Bonchev–Trinajstić information content (AvgIpc) is 3.61. The summed E-state index contributed by atoms with van der Waals surface area (Å²) >= 11 is 1.22. The van der Waals surface area contributed by atoms with E-state index in [9.17, 15) is 20.2 Å². The Labute approximate surface area is 218 Å². The van der Waals surface area contributed by atoms with Crippen LogP contribution in [-0.2, 0) is 0 Å². The summed E-state index contributed by atoms with van der Waals surface area (Å²) in [6.45, 7) is 0. The molecule has 0 saturated carbocycles. The molecule has 6 rings (SSSR count). The maximum atomic E-state index is 12.8. The predicted octanol–water partition coefficient (Wildman–Crippen LogP) is 7.30. The summed E-state index contributed by atoms with van der Waals surface area (Å²) in [6, 6.07) is 24.9. The quantitative estimate of drug-likeness (QED) is 0.0772. The number of nitro groups is 1. The highest BCUT2D eigenvalue weighted by Gasteiger charge is 2.16. The topological polar surface area (TPSA) is 123 Å². The van der Waals surface area contributed by atoms with Gasteiger partial charge >= 0.3 is 5.63 Å². The summed E-state index contributed by atoms with van der Waals surface area (Å²) in [6.07, 6.45) is 1.54. The van der Waals surface area contributed by atoms with Crippen molar-refractivity contribution in [3.63, 3.8) is 0 Å². The minimum absolute atomic E-state index is 0.0461. The fourth-order valence-corrected chi connectivity index (χ4v) is 5.00. The molecule has 0 saturated heterocycles. The molecule has 9 heteroatoms. The largest absolute Gasteiger partial charge is 0.457 e. The van der Waals surface area contributed by atoms with E-state index in [1.54, 1.807) is 47.9 Å². The first kappa shape index (κ1) is 23.1. The molecule has 3 aromatic carbocycles. The van der Waals surface area contributed by atoms with E-state index in [2.05, 4.69) is 11.1 Å². The van der Waals surface area contributed by atoms with Gasteiger partial charge in [-0.05, 0) is 35.0 Å². The van der Waals surface area contributed by atoms with Gasteiger partial charge in [-0.2, -0.15) is 5.26 Å². The molecule has 0 atom stereocenters. The number of furan rings is 1. The van der Waals surface area contributed by atoms with E-state index in [0.717, 1.165) is 16.2 Å². The highest BCUT2D eigenvalue weighted by Crippen LogP contribution is 2.31. The molecule has 182 valence electrons. The van der Waals surface area contributed by atoms with E-state index in [-0.39, 0.29) is 11.3 Å². The molecule has 0 aliphatic rings. The van der Waals surface area contributed by atoms with Crippen molar-refractivity contribution >= 4 is 50.4 Å². The first-order chi connectivity index (χ1) is 18.5. The molecule has 8 nitrogen and oxygen atoms in total. The maximum absolute atomic E-state index is 12.8. The Balaban J connectivity index is 1.35. The minimum Gasteiger partial charge on any atom is -0.457 e. The van der Waals surface area contributed by atoms with Gasteiger partial charge in [0.2, 0.25) is 0 Å². The van der Waals surface area contributed by atoms with Gasteiger partial charge < -0.3 is 8.83 Å². The normalized spacial score (nSPS) is 11.6. The van der Waals surface area contributed by atoms with E-state index in [1.807, 2.05) is 30.3 Å². The van der Waals surface area contributed by atoms with Crippen molar-refractivity contribution in [3.05, 3.63) is 116 Å². The van der Waals surface area contributed by atoms with Crippen molar-refractivity contribution in [3.8, 4) is 28.7 Å². The van der Waals surface area contributed by atoms with Crippen LogP contribution >= 0.6 is 11.3 Å². The average molecular weight is 518 g/mol. The highest BCUT2D eigenvalue weighted by molar-refractivity contribution is 7.11. The van der Waals surface area contributed by atoms with Crippen molar-refractivity contribution in [2.75, 3.05) is 0 Å². The summed E-state index contributed by atoms with van der Waals surface area (Å²) in [4.78, 5) is 27.9. The summed E-state index contributed by atoms with van der Waals surface area (Å²) in [5.41, 5.74) is 1.44. The fourth-order valence-electron chi connectivity index (χ4n) is 4.21. The second kappa shape index (κ2) is 9.28. The van der Waals surface area contributed by atoms with Crippen molar-refractivity contribution in [2.24, 2.45) is 0 Å². The fraction of sp³-hybridized carbons (Fsp3) is 0. The third-order valence-electron chi connectivity index (χ3n) is 6.03. The molecule has 0 unspecified atom stereocenters. The van der Waals surface area contributed by atoms with Crippen molar-refractivity contribution in [1.82, 2.24) is 4.98 Å². The van der Waals surface area contributed by atoms with Crippen molar-refractivity contribution in [1.29, 1.82) is 5.26 Å². The summed E-state index contributed by atoms with van der Waals surface area (Å²) < 4.78 is 11.4. The Hall–Kier alpha value is -5.33. The smallest absolute Gasteiger partial charge is 0.345 e. The Morgan fingerprint density at radius 3 is 2.71 bits per heavy atom. The van der Waals surface area contributed by atoms with Crippen LogP contribution in [0, 0.1) is 21.4 Å². The Morgan fingerprint density at radius 1 is 1.00 bits per heavy atom. The summed E-state index contributed by atoms with van der Waals surface area (Å²) in [7, 11) is 0. The van der Waals surface area contributed by atoms with E-state index >= 15 is 0 Å². The van der Waals surface area contributed by atoms with Gasteiger partial charge in [-0.15, -0.1) is 11.3 Å². The molecule has 0 aliphatic carbocycles. The van der Waals surface area contributed by atoms with Crippen LogP contribution in [0.15, 0.2) is 97.9 Å². The number of hydrogen-bond donors (Lipinski definition) is 0. The van der Waals surface area contributed by atoms with Crippen LogP contribution in [-0.4, -0.2) is 9.91 Å². The second-order valence-electron chi connectivity index (χ2n) is 8.36. The molecule has 6 aromatic rings. The number of fused-ring (bicyclic) bond motifs is 3. The van der Waals surface area contributed by atoms with Gasteiger partial charge in [0.15, 0.2) is 0 Å². The number of aromatic nitrogens is 1. The zero-order valence-electron chi connectivity index (χ0n) is 19.5. The molecule has 0 amide bonds. The minimum atomic E-state index is -0.514. The van der Waals surface area contributed by atoms with Gasteiger partial charge in [-0.25, -0.2) is 9.78 Å². The van der Waals surface area contributed by atoms with Crippen LogP contribution in [0.25, 0.3) is 56.0 Å². The van der Waals surface area contributed by atoms with Crippen LogP contribution in [0.3, 0.4) is 0 Å². The molecular formula is C29H15N3O5S. The van der Waals surface area contributed by atoms with Gasteiger partial charge in [0, 0.05) is 34.5 Å². The maximum Gasteiger partial charge on any atom is 0.345 e. The number of hydrogen-bond acceptors (Lipinski definition) is 8. The standard InChI is InChI=1S/C29H15N3O5S/c30-15-19(13-21-9-11-26(36-21)18-5-3-6-20(12-18)32(34)35)28-31-25(16-38-28)24-14-23-22-7-2-1-4-17(22)8-10-27(23)37-29(24)33/h1-14,16H/b19-13+. The van der Waals surface area contributed by atoms with Crippen LogP contribution in [0.5, 0.6) is 0 Å². The van der Waals surface area contributed by atoms with Gasteiger partial charge in [0.1, 0.15) is 28.2 Å². The molecule has 0 radical (unpaired) electrons. The Morgan fingerprint density at radius 2 is 1.87 bits per heavy atom. The first-order valence-corrected chi connectivity index (χ1v) is 12.3. The van der Waals surface area contributed by atoms with Crippen LogP contribution in [0.1, 0.15) is 10.8 Å². The van der Waals surface area contributed by atoms with E-state index < -0.39 is 10.5 Å². The number of nitriles is 1. The number of non-ortho nitro benzene ring substituents is 1. The van der Waals surface area contributed by atoms with Crippen LogP contribution in [0.4, 0.5) is 5.69 Å². The van der Waals surface area contributed by atoms with Gasteiger partial charge in [-0.3, -0.25) is 10.1 Å². The number of thiazole rings is 1.